The Labute approximate surface area is 108 Å². The first-order valence-corrected chi connectivity index (χ1v) is 6.76. The molecule has 0 aliphatic carbocycles. The molecule has 3 aromatic rings. The third-order valence-corrected chi connectivity index (χ3v) is 3.80. The molecule has 3 rings (SSSR count). The molecule has 3 aromatic carbocycles. The highest BCUT2D eigenvalue weighted by Gasteiger charge is 2.06. The predicted molar refractivity (Wildman–Crippen MR) is 80.2 cm³/mol. The topological polar surface area (TPSA) is 0 Å². The minimum atomic E-state index is 1.09. The van der Waals surface area contributed by atoms with E-state index in [0.29, 0.717) is 0 Å². The lowest BCUT2D eigenvalue weighted by molar-refractivity contribution is 1.14. The minimum absolute atomic E-state index is 1.09. The van der Waals surface area contributed by atoms with Crippen LogP contribution in [0.5, 0.6) is 0 Å². The summed E-state index contributed by atoms with van der Waals surface area (Å²) in [6, 6.07) is 17.9. The van der Waals surface area contributed by atoms with Crippen molar-refractivity contribution in [3.05, 3.63) is 59.7 Å². The summed E-state index contributed by atoms with van der Waals surface area (Å²) in [6.45, 7) is 4.46. The molecule has 0 aromatic heterocycles. The van der Waals surface area contributed by atoms with Crippen LogP contribution in [-0.2, 0) is 12.8 Å². The molecule has 0 fully saturated rings. The summed E-state index contributed by atoms with van der Waals surface area (Å²) >= 11 is 0. The molecule has 0 bridgehead atoms. The van der Waals surface area contributed by atoms with E-state index in [1.807, 2.05) is 0 Å². The Hall–Kier alpha value is -1.82. The average Bonchev–Trinajstić information content (AvgIpc) is 2.44. The molecule has 0 heteroatoms. The first-order valence-electron chi connectivity index (χ1n) is 6.76. The lowest BCUT2D eigenvalue weighted by Gasteiger charge is -2.10. The van der Waals surface area contributed by atoms with Crippen molar-refractivity contribution in [2.75, 3.05) is 0 Å². The van der Waals surface area contributed by atoms with Crippen molar-refractivity contribution in [1.29, 1.82) is 0 Å². The highest BCUT2D eigenvalue weighted by atomic mass is 14.1. The number of benzene rings is 3. The largest absolute Gasteiger partial charge is 0.0616 e. The minimum Gasteiger partial charge on any atom is -0.0616 e. The quantitative estimate of drug-likeness (QED) is 0.540. The Morgan fingerprint density at radius 1 is 0.722 bits per heavy atom. The van der Waals surface area contributed by atoms with E-state index in [2.05, 4.69) is 62.4 Å². The van der Waals surface area contributed by atoms with Crippen LogP contribution in [0.25, 0.3) is 21.5 Å². The van der Waals surface area contributed by atoms with Gasteiger partial charge in [0.2, 0.25) is 0 Å². The molecule has 0 atom stereocenters. The lowest BCUT2D eigenvalue weighted by atomic mass is 9.94. The molecule has 0 unspecified atom stereocenters. The molecule has 0 amide bonds. The molecule has 18 heavy (non-hydrogen) atoms. The zero-order valence-corrected chi connectivity index (χ0v) is 11.0. The van der Waals surface area contributed by atoms with Crippen LogP contribution in [-0.4, -0.2) is 0 Å². The third-order valence-electron chi connectivity index (χ3n) is 3.80. The second-order valence-electron chi connectivity index (χ2n) is 4.84. The van der Waals surface area contributed by atoms with E-state index in [0.717, 1.165) is 12.8 Å². The van der Waals surface area contributed by atoms with Gasteiger partial charge >= 0.3 is 0 Å². The summed E-state index contributed by atoms with van der Waals surface area (Å²) in [5.74, 6) is 0. The first kappa shape index (κ1) is 11.3. The van der Waals surface area contributed by atoms with Crippen LogP contribution in [0.4, 0.5) is 0 Å². The molecule has 0 aliphatic heterocycles. The Bertz CT molecular complexity index is 708. The SMILES string of the molecule is CCc1ccc2c(CC)c3ccccc3cc2c1. The number of aryl methyl sites for hydroxylation is 2. The zero-order valence-electron chi connectivity index (χ0n) is 11.0. The number of hydrogen-bond donors (Lipinski definition) is 0. The predicted octanol–water partition coefficient (Wildman–Crippen LogP) is 5.12. The van der Waals surface area contributed by atoms with Crippen LogP contribution in [0.1, 0.15) is 25.0 Å². The van der Waals surface area contributed by atoms with E-state index >= 15 is 0 Å². The van der Waals surface area contributed by atoms with Crippen LogP contribution in [0.15, 0.2) is 48.5 Å². The Morgan fingerprint density at radius 3 is 2.28 bits per heavy atom. The van der Waals surface area contributed by atoms with Gasteiger partial charge in [0.15, 0.2) is 0 Å². The van der Waals surface area contributed by atoms with Gasteiger partial charge in [0.1, 0.15) is 0 Å². The molecule has 0 nitrogen and oxygen atoms in total. The summed E-state index contributed by atoms with van der Waals surface area (Å²) in [6.07, 6.45) is 2.19. The molecular weight excluding hydrogens is 216 g/mol. The van der Waals surface area contributed by atoms with Gasteiger partial charge in [-0.3, -0.25) is 0 Å². The number of fused-ring (bicyclic) bond motifs is 2. The first-order chi connectivity index (χ1) is 8.83. The number of hydrogen-bond acceptors (Lipinski definition) is 0. The van der Waals surface area contributed by atoms with Gasteiger partial charge in [0.25, 0.3) is 0 Å². The summed E-state index contributed by atoms with van der Waals surface area (Å²) in [5.41, 5.74) is 2.89. The molecule has 0 aliphatic rings. The van der Waals surface area contributed by atoms with Gasteiger partial charge in [-0.15, -0.1) is 0 Å². The van der Waals surface area contributed by atoms with Crippen molar-refractivity contribution < 1.29 is 0 Å². The molecule has 0 N–H and O–H groups in total. The fraction of sp³-hybridized carbons (Fsp3) is 0.222. The lowest BCUT2D eigenvalue weighted by Crippen LogP contribution is -1.89. The van der Waals surface area contributed by atoms with Crippen LogP contribution in [0.2, 0.25) is 0 Å². The molecule has 0 radical (unpaired) electrons. The van der Waals surface area contributed by atoms with Gasteiger partial charge in [-0.1, -0.05) is 56.3 Å². The highest BCUT2D eigenvalue weighted by Crippen LogP contribution is 2.29. The second kappa shape index (κ2) is 4.45. The van der Waals surface area contributed by atoms with Crippen molar-refractivity contribution in [3.63, 3.8) is 0 Å². The maximum absolute atomic E-state index is 2.33. The van der Waals surface area contributed by atoms with E-state index in [9.17, 15) is 0 Å². The van der Waals surface area contributed by atoms with Crippen molar-refractivity contribution in [1.82, 2.24) is 0 Å². The van der Waals surface area contributed by atoms with Crippen molar-refractivity contribution >= 4 is 21.5 Å². The van der Waals surface area contributed by atoms with Crippen LogP contribution in [0, 0.1) is 0 Å². The molecule has 0 saturated carbocycles. The van der Waals surface area contributed by atoms with Crippen molar-refractivity contribution in [2.24, 2.45) is 0 Å². The summed E-state index contributed by atoms with van der Waals surface area (Å²) < 4.78 is 0. The Balaban J connectivity index is 2.45. The standard InChI is InChI=1S/C18H18/c1-3-13-9-10-18-15(11-13)12-14-7-5-6-8-17(14)16(18)4-2/h5-12H,3-4H2,1-2H3. The molecule has 0 saturated heterocycles. The van der Waals surface area contributed by atoms with Crippen molar-refractivity contribution in [3.8, 4) is 0 Å². The van der Waals surface area contributed by atoms with Crippen molar-refractivity contribution in [2.45, 2.75) is 26.7 Å². The fourth-order valence-corrected chi connectivity index (χ4v) is 2.82. The second-order valence-corrected chi connectivity index (χ2v) is 4.84. The number of rotatable bonds is 2. The Kier molecular flexibility index (Phi) is 2.79. The summed E-state index contributed by atoms with van der Waals surface area (Å²) in [5, 5.41) is 5.55. The van der Waals surface area contributed by atoms with E-state index in [1.54, 1.807) is 0 Å². The van der Waals surface area contributed by atoms with Gasteiger partial charge < -0.3 is 0 Å². The maximum Gasteiger partial charge on any atom is -0.0145 e. The van der Waals surface area contributed by atoms with E-state index < -0.39 is 0 Å². The van der Waals surface area contributed by atoms with Crippen LogP contribution >= 0.6 is 0 Å². The fourth-order valence-electron chi connectivity index (χ4n) is 2.82. The van der Waals surface area contributed by atoms with E-state index in [4.69, 9.17) is 0 Å². The zero-order chi connectivity index (χ0) is 12.5. The third kappa shape index (κ3) is 1.69. The monoisotopic (exact) mass is 234 g/mol. The Morgan fingerprint density at radius 2 is 1.50 bits per heavy atom. The van der Waals surface area contributed by atoms with Crippen LogP contribution < -0.4 is 0 Å². The molecule has 0 heterocycles. The highest BCUT2D eigenvalue weighted by molar-refractivity contribution is 6.02. The molecule has 90 valence electrons. The van der Waals surface area contributed by atoms with Crippen LogP contribution in [0.3, 0.4) is 0 Å². The summed E-state index contributed by atoms with van der Waals surface area (Å²) in [7, 11) is 0. The maximum atomic E-state index is 2.33. The van der Waals surface area contributed by atoms with Gasteiger partial charge in [0.05, 0.1) is 0 Å². The molecule has 0 spiro atoms. The van der Waals surface area contributed by atoms with Gasteiger partial charge in [-0.2, -0.15) is 0 Å². The summed E-state index contributed by atoms with van der Waals surface area (Å²) in [4.78, 5) is 0. The van der Waals surface area contributed by atoms with E-state index in [1.165, 1.54) is 32.7 Å². The normalized spacial score (nSPS) is 11.2. The molecular formula is C18H18. The smallest absolute Gasteiger partial charge is 0.0145 e. The van der Waals surface area contributed by atoms with Gasteiger partial charge in [-0.05, 0) is 51.6 Å². The van der Waals surface area contributed by atoms with Gasteiger partial charge in [-0.25, -0.2) is 0 Å². The van der Waals surface area contributed by atoms with Gasteiger partial charge in [0, 0.05) is 0 Å². The van der Waals surface area contributed by atoms with E-state index in [-0.39, 0.29) is 0 Å². The average molecular weight is 234 g/mol.